The number of rotatable bonds is 8. The van der Waals surface area contributed by atoms with Crippen molar-refractivity contribution in [2.75, 3.05) is 17.9 Å². The van der Waals surface area contributed by atoms with Crippen LogP contribution in [0.2, 0.25) is 0 Å². The number of aromatic amines is 1. The molecular formula is C19H19N3O6S2. The number of esters is 2. The lowest BCUT2D eigenvalue weighted by molar-refractivity contribution is 0.0512. The van der Waals surface area contributed by atoms with Crippen molar-refractivity contribution < 1.29 is 27.5 Å². The van der Waals surface area contributed by atoms with Crippen LogP contribution in [-0.2, 0) is 19.5 Å². The molecule has 0 radical (unpaired) electrons. The van der Waals surface area contributed by atoms with Gasteiger partial charge in [-0.3, -0.25) is 9.82 Å². The fourth-order valence-corrected chi connectivity index (χ4v) is 4.79. The molecule has 1 aromatic carbocycles. The second-order valence-electron chi connectivity index (χ2n) is 5.91. The minimum Gasteiger partial charge on any atom is -0.462 e. The Morgan fingerprint density at radius 3 is 2.37 bits per heavy atom. The Morgan fingerprint density at radius 2 is 1.70 bits per heavy atom. The molecule has 0 aliphatic rings. The van der Waals surface area contributed by atoms with Crippen molar-refractivity contribution >= 4 is 39.0 Å². The molecule has 2 aromatic heterocycles. The number of anilines is 1. The van der Waals surface area contributed by atoms with E-state index in [0.29, 0.717) is 21.8 Å². The minimum absolute atomic E-state index is 0.0826. The molecule has 0 saturated carbocycles. The number of sulfonamides is 1. The highest BCUT2D eigenvalue weighted by Gasteiger charge is 2.20. The van der Waals surface area contributed by atoms with E-state index >= 15 is 0 Å². The molecule has 0 saturated heterocycles. The van der Waals surface area contributed by atoms with Crippen molar-refractivity contribution in [2.45, 2.75) is 18.1 Å². The van der Waals surface area contributed by atoms with E-state index in [0.717, 1.165) is 11.3 Å². The van der Waals surface area contributed by atoms with Crippen LogP contribution in [0.1, 0.15) is 34.7 Å². The van der Waals surface area contributed by atoms with Crippen LogP contribution in [0.15, 0.2) is 46.7 Å². The molecule has 0 aliphatic heterocycles. The molecule has 2 N–H and O–H groups in total. The Hall–Kier alpha value is -3.18. The fourth-order valence-electron chi connectivity index (χ4n) is 2.46. The van der Waals surface area contributed by atoms with Crippen molar-refractivity contribution in [2.24, 2.45) is 0 Å². The number of thiophene rings is 1. The predicted octanol–water partition coefficient (Wildman–Crippen LogP) is 3.29. The van der Waals surface area contributed by atoms with Crippen LogP contribution in [0.3, 0.4) is 0 Å². The van der Waals surface area contributed by atoms with Crippen LogP contribution in [0, 0.1) is 0 Å². The number of aromatic nitrogens is 2. The van der Waals surface area contributed by atoms with Crippen molar-refractivity contribution in [3.8, 4) is 10.6 Å². The maximum Gasteiger partial charge on any atom is 0.358 e. The number of hydrogen-bond donors (Lipinski definition) is 2. The zero-order valence-electron chi connectivity index (χ0n) is 16.2. The molecule has 0 amide bonds. The maximum atomic E-state index is 12.7. The van der Waals surface area contributed by atoms with E-state index in [1.807, 2.05) is 0 Å². The Labute approximate surface area is 177 Å². The summed E-state index contributed by atoms with van der Waals surface area (Å²) in [6.07, 6.45) is 0. The molecule has 0 bridgehead atoms. The average Bonchev–Trinajstić information content (AvgIpc) is 3.39. The number of benzene rings is 1. The summed E-state index contributed by atoms with van der Waals surface area (Å²) < 4.78 is 37.7. The third-order valence-corrected chi connectivity index (χ3v) is 6.81. The second kappa shape index (κ2) is 9.09. The van der Waals surface area contributed by atoms with Crippen LogP contribution < -0.4 is 4.72 Å². The van der Waals surface area contributed by atoms with Crippen LogP contribution in [-0.4, -0.2) is 43.8 Å². The fraction of sp³-hybridized carbons (Fsp3) is 0.211. The van der Waals surface area contributed by atoms with E-state index in [4.69, 9.17) is 9.47 Å². The molecule has 2 heterocycles. The van der Waals surface area contributed by atoms with E-state index in [9.17, 15) is 18.0 Å². The standard InChI is InChI=1S/C19H19N3O6S2/c1-3-27-18(23)12-5-7-13(8-6-12)22-30(25,26)17-10-9-16(29-17)14-11-15(21-20-14)19(24)28-4-2/h5-11,22H,3-4H2,1-2H3,(H,20,21). The molecule has 0 spiro atoms. The van der Waals surface area contributed by atoms with E-state index in [2.05, 4.69) is 14.9 Å². The highest BCUT2D eigenvalue weighted by Crippen LogP contribution is 2.31. The van der Waals surface area contributed by atoms with Gasteiger partial charge in [-0.05, 0) is 56.3 Å². The summed E-state index contributed by atoms with van der Waals surface area (Å²) in [4.78, 5) is 24.0. The van der Waals surface area contributed by atoms with Gasteiger partial charge in [0.05, 0.1) is 29.3 Å². The van der Waals surface area contributed by atoms with Gasteiger partial charge in [-0.15, -0.1) is 11.3 Å². The Kier molecular flexibility index (Phi) is 6.53. The number of H-pyrrole nitrogens is 1. The SMILES string of the molecule is CCOC(=O)c1ccc(NS(=O)(=O)c2ccc(-c3cc(C(=O)OCC)n[nH]3)s2)cc1. The first-order valence-electron chi connectivity index (χ1n) is 8.96. The number of nitrogens with one attached hydrogen (secondary N) is 2. The van der Waals surface area contributed by atoms with Gasteiger partial charge >= 0.3 is 11.9 Å². The summed E-state index contributed by atoms with van der Waals surface area (Å²) in [5.74, 6) is -1.03. The smallest absolute Gasteiger partial charge is 0.358 e. The van der Waals surface area contributed by atoms with Gasteiger partial charge in [-0.25, -0.2) is 18.0 Å². The maximum absolute atomic E-state index is 12.7. The van der Waals surface area contributed by atoms with Gasteiger partial charge in [0, 0.05) is 5.69 Å². The molecule has 0 atom stereocenters. The molecule has 0 fully saturated rings. The number of carbonyl (C=O) groups excluding carboxylic acids is 2. The molecule has 3 rings (SSSR count). The highest BCUT2D eigenvalue weighted by molar-refractivity contribution is 7.94. The second-order valence-corrected chi connectivity index (χ2v) is 8.90. The van der Waals surface area contributed by atoms with Gasteiger partial charge in [0.25, 0.3) is 10.0 Å². The largest absolute Gasteiger partial charge is 0.462 e. The number of carbonyl (C=O) groups is 2. The first-order valence-corrected chi connectivity index (χ1v) is 11.3. The first-order chi connectivity index (χ1) is 14.3. The normalized spacial score (nSPS) is 11.1. The summed E-state index contributed by atoms with van der Waals surface area (Å²) in [5, 5.41) is 6.59. The van der Waals surface area contributed by atoms with Crippen LogP contribution >= 0.6 is 11.3 Å². The molecular weight excluding hydrogens is 430 g/mol. The van der Waals surface area contributed by atoms with E-state index in [-0.39, 0.29) is 23.1 Å². The number of hydrogen-bond acceptors (Lipinski definition) is 8. The van der Waals surface area contributed by atoms with Gasteiger partial charge in [0.2, 0.25) is 0 Å². The Morgan fingerprint density at radius 1 is 1.03 bits per heavy atom. The van der Waals surface area contributed by atoms with Crippen LogP contribution in [0.5, 0.6) is 0 Å². The van der Waals surface area contributed by atoms with Crippen molar-refractivity contribution in [3.05, 3.63) is 53.7 Å². The zero-order chi connectivity index (χ0) is 21.7. The van der Waals surface area contributed by atoms with Crippen molar-refractivity contribution in [1.29, 1.82) is 0 Å². The Balaban J connectivity index is 1.74. The summed E-state index contributed by atoms with van der Waals surface area (Å²) >= 11 is 1.02. The minimum atomic E-state index is -3.84. The van der Waals surface area contributed by atoms with Gasteiger partial charge in [0.15, 0.2) is 5.69 Å². The third kappa shape index (κ3) is 4.86. The first kappa shape index (κ1) is 21.5. The quantitative estimate of drug-likeness (QED) is 0.505. The lowest BCUT2D eigenvalue weighted by Crippen LogP contribution is -2.11. The topological polar surface area (TPSA) is 127 Å². The molecule has 158 valence electrons. The molecule has 0 aliphatic carbocycles. The molecule has 30 heavy (non-hydrogen) atoms. The van der Waals surface area contributed by atoms with Gasteiger partial charge < -0.3 is 9.47 Å². The highest BCUT2D eigenvalue weighted by atomic mass is 32.2. The molecule has 11 heteroatoms. The van der Waals surface area contributed by atoms with Gasteiger partial charge in [-0.2, -0.15) is 5.10 Å². The van der Waals surface area contributed by atoms with E-state index in [1.165, 1.54) is 36.4 Å². The number of ether oxygens (including phenoxy) is 2. The molecule has 9 nitrogen and oxygen atoms in total. The van der Waals surface area contributed by atoms with Gasteiger partial charge in [-0.1, -0.05) is 0 Å². The summed E-state index contributed by atoms with van der Waals surface area (Å²) in [6.45, 7) is 3.89. The lowest BCUT2D eigenvalue weighted by atomic mass is 10.2. The summed E-state index contributed by atoms with van der Waals surface area (Å²) in [5.41, 5.74) is 1.26. The summed E-state index contributed by atoms with van der Waals surface area (Å²) in [7, 11) is -3.84. The van der Waals surface area contributed by atoms with Gasteiger partial charge in [0.1, 0.15) is 4.21 Å². The third-order valence-electron chi connectivity index (χ3n) is 3.82. The number of nitrogens with zero attached hydrogens (tertiary/aromatic N) is 1. The summed E-state index contributed by atoms with van der Waals surface area (Å²) in [6, 6.07) is 10.5. The lowest BCUT2D eigenvalue weighted by Gasteiger charge is -2.07. The average molecular weight is 450 g/mol. The monoisotopic (exact) mass is 449 g/mol. The predicted molar refractivity (Wildman–Crippen MR) is 111 cm³/mol. The Bertz CT molecular complexity index is 1150. The van der Waals surface area contributed by atoms with Crippen LogP contribution in [0.25, 0.3) is 10.6 Å². The van der Waals surface area contributed by atoms with Crippen molar-refractivity contribution in [3.63, 3.8) is 0 Å². The molecule has 0 unspecified atom stereocenters. The van der Waals surface area contributed by atoms with Crippen LogP contribution in [0.4, 0.5) is 5.69 Å². The van der Waals surface area contributed by atoms with E-state index < -0.39 is 22.0 Å². The molecule has 3 aromatic rings. The zero-order valence-corrected chi connectivity index (χ0v) is 17.8. The van der Waals surface area contributed by atoms with Crippen molar-refractivity contribution in [1.82, 2.24) is 10.2 Å². The van der Waals surface area contributed by atoms with E-state index in [1.54, 1.807) is 19.9 Å².